The molecule has 0 atom stereocenters. The van der Waals surface area contributed by atoms with Crippen LogP contribution in [0.5, 0.6) is 0 Å². The van der Waals surface area contributed by atoms with Crippen LogP contribution in [-0.2, 0) is 0 Å². The van der Waals surface area contributed by atoms with Gasteiger partial charge in [-0.2, -0.15) is 0 Å². The normalized spacial score (nSPS) is 25.5. The summed E-state index contributed by atoms with van der Waals surface area (Å²) in [6.07, 6.45) is 4.95. The lowest BCUT2D eigenvalue weighted by Gasteiger charge is -2.29. The molecule has 0 radical (unpaired) electrons. The molecule has 0 aromatic carbocycles. The summed E-state index contributed by atoms with van der Waals surface area (Å²) in [5.41, 5.74) is 5.94. The molecule has 74 valence electrons. The molecular formula is C9H18N4. The Hall–Kier alpha value is -0.770. The second-order valence-electron chi connectivity index (χ2n) is 3.97. The first-order valence-corrected chi connectivity index (χ1v) is 5.11. The van der Waals surface area contributed by atoms with Crippen molar-refractivity contribution in [3.63, 3.8) is 0 Å². The predicted octanol–water partition coefficient (Wildman–Crippen LogP) is -0.193. The van der Waals surface area contributed by atoms with E-state index in [0.29, 0.717) is 6.54 Å². The van der Waals surface area contributed by atoms with Gasteiger partial charge in [-0.15, -0.1) is 0 Å². The molecule has 1 saturated carbocycles. The van der Waals surface area contributed by atoms with Gasteiger partial charge in [0.25, 0.3) is 0 Å². The van der Waals surface area contributed by atoms with Crippen LogP contribution in [0.15, 0.2) is 4.99 Å². The van der Waals surface area contributed by atoms with Crippen LogP contribution in [0.25, 0.3) is 0 Å². The zero-order chi connectivity index (χ0) is 9.15. The molecular weight excluding hydrogens is 164 g/mol. The summed E-state index contributed by atoms with van der Waals surface area (Å²) in [5.74, 6) is 0.951. The minimum atomic E-state index is 0.135. The smallest absolute Gasteiger partial charge is 0.191 e. The summed E-state index contributed by atoms with van der Waals surface area (Å²) in [4.78, 5) is 4.33. The van der Waals surface area contributed by atoms with E-state index in [0.717, 1.165) is 19.0 Å². The Morgan fingerprint density at radius 3 is 2.77 bits per heavy atom. The van der Waals surface area contributed by atoms with Gasteiger partial charge in [-0.3, -0.25) is 4.99 Å². The minimum absolute atomic E-state index is 0.135. The highest BCUT2D eigenvalue weighted by atomic mass is 15.2. The van der Waals surface area contributed by atoms with Crippen molar-refractivity contribution in [1.82, 2.24) is 10.6 Å². The van der Waals surface area contributed by atoms with Gasteiger partial charge in [-0.1, -0.05) is 12.8 Å². The van der Waals surface area contributed by atoms with E-state index in [-0.39, 0.29) is 5.54 Å². The Morgan fingerprint density at radius 2 is 2.23 bits per heavy atom. The second kappa shape index (κ2) is 3.54. The number of guanidine groups is 1. The van der Waals surface area contributed by atoms with Crippen LogP contribution in [-0.4, -0.2) is 31.1 Å². The fourth-order valence-corrected chi connectivity index (χ4v) is 2.16. The molecule has 0 aromatic heterocycles. The molecule has 2 rings (SSSR count). The molecule has 1 fully saturated rings. The van der Waals surface area contributed by atoms with E-state index in [1.54, 1.807) is 0 Å². The molecule has 0 aromatic rings. The van der Waals surface area contributed by atoms with Crippen LogP contribution < -0.4 is 16.4 Å². The third-order valence-corrected chi connectivity index (χ3v) is 3.01. The third-order valence-electron chi connectivity index (χ3n) is 3.01. The zero-order valence-electron chi connectivity index (χ0n) is 7.97. The van der Waals surface area contributed by atoms with Crippen molar-refractivity contribution >= 4 is 5.96 Å². The Labute approximate surface area is 79.0 Å². The quantitative estimate of drug-likeness (QED) is 0.554. The standard InChI is InChI=1S/C9H18N4/c10-7-9(3-1-2-4-9)13-8-11-5-6-12-8/h1-7,10H2,(H2,11,12,13). The monoisotopic (exact) mass is 182 g/mol. The van der Waals surface area contributed by atoms with Crippen molar-refractivity contribution in [2.75, 3.05) is 19.6 Å². The lowest BCUT2D eigenvalue weighted by atomic mass is 9.98. The molecule has 0 saturated heterocycles. The molecule has 4 nitrogen and oxygen atoms in total. The van der Waals surface area contributed by atoms with Crippen LogP contribution in [0.1, 0.15) is 25.7 Å². The summed E-state index contributed by atoms with van der Waals surface area (Å²) in [7, 11) is 0. The molecule has 4 heteroatoms. The largest absolute Gasteiger partial charge is 0.355 e. The number of nitrogens with zero attached hydrogens (tertiary/aromatic N) is 1. The fourth-order valence-electron chi connectivity index (χ4n) is 2.16. The first-order valence-electron chi connectivity index (χ1n) is 5.11. The van der Waals surface area contributed by atoms with Gasteiger partial charge in [-0.05, 0) is 12.8 Å². The highest BCUT2D eigenvalue weighted by Crippen LogP contribution is 2.28. The molecule has 0 amide bonds. The van der Waals surface area contributed by atoms with Crippen molar-refractivity contribution in [2.45, 2.75) is 31.2 Å². The maximum Gasteiger partial charge on any atom is 0.191 e. The number of hydrogen-bond donors (Lipinski definition) is 3. The minimum Gasteiger partial charge on any atom is -0.355 e. The van der Waals surface area contributed by atoms with Crippen molar-refractivity contribution in [3.05, 3.63) is 0 Å². The first-order chi connectivity index (χ1) is 6.35. The molecule has 1 aliphatic carbocycles. The average molecular weight is 182 g/mol. The summed E-state index contributed by atoms with van der Waals surface area (Å²) < 4.78 is 0. The van der Waals surface area contributed by atoms with E-state index in [2.05, 4.69) is 15.6 Å². The van der Waals surface area contributed by atoms with Crippen molar-refractivity contribution in [1.29, 1.82) is 0 Å². The summed E-state index contributed by atoms with van der Waals surface area (Å²) in [6.45, 7) is 2.57. The Bertz CT molecular complexity index is 206. The van der Waals surface area contributed by atoms with E-state index in [9.17, 15) is 0 Å². The van der Waals surface area contributed by atoms with Gasteiger partial charge in [0.05, 0.1) is 12.1 Å². The SMILES string of the molecule is NCC1(NC2=NCCN2)CCCC1. The molecule has 1 heterocycles. The second-order valence-corrected chi connectivity index (χ2v) is 3.97. The van der Waals surface area contributed by atoms with Crippen LogP contribution in [0, 0.1) is 0 Å². The number of aliphatic imine (C=N–C) groups is 1. The fraction of sp³-hybridized carbons (Fsp3) is 0.889. The number of rotatable bonds is 2. The Kier molecular flexibility index (Phi) is 2.40. The molecule has 0 spiro atoms. The predicted molar refractivity (Wildman–Crippen MR) is 53.7 cm³/mol. The van der Waals surface area contributed by atoms with E-state index in [1.165, 1.54) is 25.7 Å². The number of nitrogens with one attached hydrogen (secondary N) is 2. The van der Waals surface area contributed by atoms with Gasteiger partial charge >= 0.3 is 0 Å². The lowest BCUT2D eigenvalue weighted by Crippen LogP contribution is -2.54. The van der Waals surface area contributed by atoms with Crippen LogP contribution in [0.2, 0.25) is 0 Å². The molecule has 0 unspecified atom stereocenters. The molecule has 0 bridgehead atoms. The molecule has 2 aliphatic rings. The van der Waals surface area contributed by atoms with Gasteiger partial charge in [0.15, 0.2) is 5.96 Å². The number of hydrogen-bond acceptors (Lipinski definition) is 4. The summed E-state index contributed by atoms with van der Waals surface area (Å²) in [6, 6.07) is 0. The third kappa shape index (κ3) is 1.77. The van der Waals surface area contributed by atoms with Crippen molar-refractivity contribution in [3.8, 4) is 0 Å². The Balaban J connectivity index is 1.96. The van der Waals surface area contributed by atoms with Gasteiger partial charge in [-0.25, -0.2) is 0 Å². The maximum atomic E-state index is 5.80. The number of nitrogens with two attached hydrogens (primary N) is 1. The van der Waals surface area contributed by atoms with Crippen LogP contribution in [0.4, 0.5) is 0 Å². The average Bonchev–Trinajstić information content (AvgIpc) is 2.77. The van der Waals surface area contributed by atoms with E-state index in [4.69, 9.17) is 5.73 Å². The van der Waals surface area contributed by atoms with E-state index < -0.39 is 0 Å². The van der Waals surface area contributed by atoms with Gasteiger partial charge < -0.3 is 16.4 Å². The maximum absolute atomic E-state index is 5.80. The van der Waals surface area contributed by atoms with Gasteiger partial charge in [0.1, 0.15) is 0 Å². The van der Waals surface area contributed by atoms with Crippen LogP contribution in [0.3, 0.4) is 0 Å². The van der Waals surface area contributed by atoms with E-state index >= 15 is 0 Å². The topological polar surface area (TPSA) is 62.4 Å². The van der Waals surface area contributed by atoms with E-state index in [1.807, 2.05) is 0 Å². The highest BCUT2D eigenvalue weighted by molar-refractivity contribution is 5.82. The molecule has 13 heavy (non-hydrogen) atoms. The zero-order valence-corrected chi connectivity index (χ0v) is 7.97. The van der Waals surface area contributed by atoms with Crippen LogP contribution >= 0.6 is 0 Å². The highest BCUT2D eigenvalue weighted by Gasteiger charge is 2.33. The van der Waals surface area contributed by atoms with Crippen molar-refractivity contribution in [2.24, 2.45) is 10.7 Å². The summed E-state index contributed by atoms with van der Waals surface area (Å²) >= 11 is 0. The first kappa shape index (κ1) is 8.81. The summed E-state index contributed by atoms with van der Waals surface area (Å²) in [5, 5.41) is 6.68. The Morgan fingerprint density at radius 1 is 1.46 bits per heavy atom. The van der Waals surface area contributed by atoms with Gasteiger partial charge in [0.2, 0.25) is 0 Å². The lowest BCUT2D eigenvalue weighted by molar-refractivity contribution is 0.397. The van der Waals surface area contributed by atoms with Crippen molar-refractivity contribution < 1.29 is 0 Å². The molecule has 4 N–H and O–H groups in total. The molecule has 1 aliphatic heterocycles. The van der Waals surface area contributed by atoms with Gasteiger partial charge in [0, 0.05) is 13.1 Å².